The van der Waals surface area contributed by atoms with E-state index in [-0.39, 0.29) is 40.0 Å². The monoisotopic (exact) mass is 456 g/mol. The fourth-order valence-corrected chi connectivity index (χ4v) is 3.12. The molecule has 33 heavy (non-hydrogen) atoms. The number of methoxy groups -OCH3 is 2. The Hall–Kier alpha value is -3.68. The van der Waals surface area contributed by atoms with Crippen molar-refractivity contribution in [3.05, 3.63) is 58.7 Å². The van der Waals surface area contributed by atoms with E-state index in [0.29, 0.717) is 12.0 Å². The highest BCUT2D eigenvalue weighted by molar-refractivity contribution is 6.16. The van der Waals surface area contributed by atoms with E-state index in [1.54, 1.807) is 39.8 Å². The van der Waals surface area contributed by atoms with Crippen molar-refractivity contribution in [2.75, 3.05) is 14.2 Å². The Morgan fingerprint density at radius 3 is 1.97 bits per heavy atom. The lowest BCUT2D eigenvalue weighted by atomic mass is 9.95. The van der Waals surface area contributed by atoms with Crippen LogP contribution in [0.2, 0.25) is 0 Å². The molecule has 2 rings (SSSR count). The third kappa shape index (κ3) is 5.97. The molecule has 2 aromatic carbocycles. The molecule has 0 spiro atoms. The van der Waals surface area contributed by atoms with Gasteiger partial charge >= 0.3 is 11.9 Å². The Morgan fingerprint density at radius 2 is 1.48 bits per heavy atom. The molecule has 8 heteroatoms. The van der Waals surface area contributed by atoms with Crippen LogP contribution in [0.25, 0.3) is 0 Å². The van der Waals surface area contributed by atoms with Crippen LogP contribution in [0.1, 0.15) is 64.3 Å². The molecule has 0 heterocycles. The molecule has 8 nitrogen and oxygen atoms in total. The van der Waals surface area contributed by atoms with Crippen LogP contribution in [-0.2, 0) is 14.3 Å². The lowest BCUT2D eigenvalue weighted by Gasteiger charge is -2.22. The molecule has 0 N–H and O–H groups in total. The predicted molar refractivity (Wildman–Crippen MR) is 120 cm³/mol. The molecular formula is C25H28O8. The Kier molecular flexibility index (Phi) is 8.73. The van der Waals surface area contributed by atoms with E-state index < -0.39 is 23.8 Å². The minimum absolute atomic E-state index is 0.0452. The van der Waals surface area contributed by atoms with Crippen molar-refractivity contribution < 1.29 is 38.1 Å². The zero-order valence-electron chi connectivity index (χ0n) is 19.5. The maximum atomic E-state index is 13.2. The fraction of sp³-hybridized carbons (Fsp3) is 0.360. The standard InChI is InChI=1S/C25H28O8/c1-14(2)22(25(29)32-15(3)4)33-24(28)19-12-9-17(13-26)20(23(19)31-6)21(27)16-7-10-18(30-5)11-8-16/h7-15,22H,1-6H3. The molecule has 0 aliphatic carbocycles. The number of hydrogen-bond acceptors (Lipinski definition) is 8. The highest BCUT2D eigenvalue weighted by atomic mass is 16.6. The van der Waals surface area contributed by atoms with Gasteiger partial charge in [0.25, 0.3) is 0 Å². The van der Waals surface area contributed by atoms with E-state index in [1.165, 1.54) is 38.5 Å². The van der Waals surface area contributed by atoms with E-state index >= 15 is 0 Å². The fourth-order valence-electron chi connectivity index (χ4n) is 3.12. The number of rotatable bonds is 10. The highest BCUT2D eigenvalue weighted by Crippen LogP contribution is 2.31. The van der Waals surface area contributed by atoms with Crippen molar-refractivity contribution in [2.45, 2.75) is 39.9 Å². The largest absolute Gasteiger partial charge is 0.497 e. The van der Waals surface area contributed by atoms with Gasteiger partial charge in [-0.1, -0.05) is 13.8 Å². The van der Waals surface area contributed by atoms with Gasteiger partial charge in [0.2, 0.25) is 6.10 Å². The van der Waals surface area contributed by atoms with Crippen molar-refractivity contribution in [1.82, 2.24) is 0 Å². The molecule has 2 aromatic rings. The number of hydrogen-bond donors (Lipinski definition) is 0. The summed E-state index contributed by atoms with van der Waals surface area (Å²) in [7, 11) is 2.78. The second kappa shape index (κ2) is 11.3. The van der Waals surface area contributed by atoms with Crippen LogP contribution in [0.15, 0.2) is 36.4 Å². The quantitative estimate of drug-likeness (QED) is 0.301. The molecule has 0 bridgehead atoms. The summed E-state index contributed by atoms with van der Waals surface area (Å²) in [4.78, 5) is 50.3. The average Bonchev–Trinajstić information content (AvgIpc) is 2.80. The molecule has 0 aromatic heterocycles. The van der Waals surface area contributed by atoms with E-state index in [2.05, 4.69) is 0 Å². The van der Waals surface area contributed by atoms with Gasteiger partial charge in [0.15, 0.2) is 12.1 Å². The van der Waals surface area contributed by atoms with Crippen molar-refractivity contribution in [2.24, 2.45) is 5.92 Å². The molecule has 0 aliphatic rings. The lowest BCUT2D eigenvalue weighted by Crippen LogP contribution is -2.35. The topological polar surface area (TPSA) is 105 Å². The van der Waals surface area contributed by atoms with Crippen molar-refractivity contribution in [3.63, 3.8) is 0 Å². The number of esters is 2. The Balaban J connectivity index is 2.49. The van der Waals surface area contributed by atoms with Crippen LogP contribution < -0.4 is 9.47 Å². The number of carbonyl (C=O) groups excluding carboxylic acids is 4. The molecule has 0 fully saturated rings. The van der Waals surface area contributed by atoms with Crippen LogP contribution in [-0.4, -0.2) is 50.4 Å². The third-order valence-electron chi connectivity index (χ3n) is 4.74. The Morgan fingerprint density at radius 1 is 0.848 bits per heavy atom. The summed E-state index contributed by atoms with van der Waals surface area (Å²) in [6.45, 7) is 6.81. The molecule has 0 saturated heterocycles. The molecule has 1 unspecified atom stereocenters. The first-order valence-electron chi connectivity index (χ1n) is 10.4. The van der Waals surface area contributed by atoms with Gasteiger partial charge in [-0.3, -0.25) is 9.59 Å². The summed E-state index contributed by atoms with van der Waals surface area (Å²) in [5.74, 6) is -2.00. The number of aldehydes is 1. The van der Waals surface area contributed by atoms with E-state index in [0.717, 1.165) is 0 Å². The normalized spacial score (nSPS) is 11.6. The number of carbonyl (C=O) groups is 4. The van der Waals surface area contributed by atoms with Crippen molar-refractivity contribution in [1.29, 1.82) is 0 Å². The predicted octanol–water partition coefficient (Wildman–Crippen LogP) is 3.88. The third-order valence-corrected chi connectivity index (χ3v) is 4.74. The van der Waals surface area contributed by atoms with Gasteiger partial charge < -0.3 is 18.9 Å². The van der Waals surface area contributed by atoms with Crippen molar-refractivity contribution in [3.8, 4) is 11.5 Å². The van der Waals surface area contributed by atoms with Gasteiger partial charge in [0.1, 0.15) is 17.1 Å². The zero-order chi connectivity index (χ0) is 24.7. The average molecular weight is 456 g/mol. The summed E-state index contributed by atoms with van der Waals surface area (Å²) >= 11 is 0. The maximum absolute atomic E-state index is 13.2. The molecular weight excluding hydrogens is 428 g/mol. The highest BCUT2D eigenvalue weighted by Gasteiger charge is 2.32. The van der Waals surface area contributed by atoms with Crippen LogP contribution >= 0.6 is 0 Å². The molecule has 0 radical (unpaired) electrons. The van der Waals surface area contributed by atoms with Gasteiger partial charge in [0.05, 0.1) is 25.9 Å². The zero-order valence-corrected chi connectivity index (χ0v) is 19.5. The van der Waals surface area contributed by atoms with Crippen LogP contribution in [0.5, 0.6) is 11.5 Å². The van der Waals surface area contributed by atoms with E-state index in [1.807, 2.05) is 0 Å². The van der Waals surface area contributed by atoms with Crippen LogP contribution in [0.4, 0.5) is 0 Å². The number of benzene rings is 2. The molecule has 0 aliphatic heterocycles. The smallest absolute Gasteiger partial charge is 0.347 e. The van der Waals surface area contributed by atoms with Gasteiger partial charge in [-0.05, 0) is 50.2 Å². The maximum Gasteiger partial charge on any atom is 0.347 e. The van der Waals surface area contributed by atoms with Gasteiger partial charge in [-0.15, -0.1) is 0 Å². The van der Waals surface area contributed by atoms with Gasteiger partial charge in [0, 0.05) is 17.0 Å². The van der Waals surface area contributed by atoms with Crippen molar-refractivity contribution >= 4 is 24.0 Å². The molecule has 176 valence electrons. The minimum atomic E-state index is -1.16. The Labute approximate surface area is 192 Å². The first-order valence-corrected chi connectivity index (χ1v) is 10.4. The number of ketones is 1. The van der Waals surface area contributed by atoms with Crippen LogP contribution in [0, 0.1) is 5.92 Å². The SMILES string of the molecule is COc1ccc(C(=O)c2c(C=O)ccc(C(=O)OC(C(=O)OC(C)C)C(C)C)c2OC)cc1. The second-order valence-electron chi connectivity index (χ2n) is 7.84. The molecule has 0 saturated carbocycles. The van der Waals surface area contributed by atoms with Gasteiger partial charge in [-0.2, -0.15) is 0 Å². The Bertz CT molecular complexity index is 1020. The summed E-state index contributed by atoms with van der Waals surface area (Å²) in [5.41, 5.74) is 0.132. The summed E-state index contributed by atoms with van der Waals surface area (Å²) in [6.07, 6.45) is -1.03. The first-order chi connectivity index (χ1) is 15.6. The minimum Gasteiger partial charge on any atom is -0.497 e. The molecule has 0 amide bonds. The first kappa shape index (κ1) is 25.6. The molecule has 1 atom stereocenters. The summed E-state index contributed by atoms with van der Waals surface area (Å²) < 4.78 is 21.1. The number of ether oxygens (including phenoxy) is 4. The van der Waals surface area contributed by atoms with Crippen LogP contribution in [0.3, 0.4) is 0 Å². The van der Waals surface area contributed by atoms with E-state index in [9.17, 15) is 19.2 Å². The van der Waals surface area contributed by atoms with E-state index in [4.69, 9.17) is 18.9 Å². The summed E-state index contributed by atoms with van der Waals surface area (Å²) in [5, 5.41) is 0. The van der Waals surface area contributed by atoms with Gasteiger partial charge in [-0.25, -0.2) is 9.59 Å². The summed E-state index contributed by atoms with van der Waals surface area (Å²) in [6, 6.07) is 8.94. The lowest BCUT2D eigenvalue weighted by molar-refractivity contribution is -0.160. The second-order valence-corrected chi connectivity index (χ2v) is 7.84.